The number of rotatable bonds is 4. The van der Waals surface area contributed by atoms with Gasteiger partial charge in [0.25, 0.3) is 5.91 Å². The predicted molar refractivity (Wildman–Crippen MR) is 99.6 cm³/mol. The van der Waals surface area contributed by atoms with E-state index in [1.54, 1.807) is 30.0 Å². The standard InChI is InChI=1S/C20H26FN3O3/c1-13(2)22-18(25)14-7-6-10-24(12-14)19(26)20(3)11-17(23-27-20)15-8-4-5-9-16(15)21/h4-5,8-9,13-14H,6-7,10-12H2,1-3H3,(H,22,25)/t14-,20-/m0/s1. The Morgan fingerprint density at radius 3 is 2.81 bits per heavy atom. The lowest BCUT2D eigenvalue weighted by molar-refractivity contribution is -0.155. The van der Waals surface area contributed by atoms with Gasteiger partial charge < -0.3 is 15.1 Å². The maximum Gasteiger partial charge on any atom is 0.269 e. The third kappa shape index (κ3) is 4.12. The van der Waals surface area contributed by atoms with Crippen molar-refractivity contribution >= 4 is 17.5 Å². The summed E-state index contributed by atoms with van der Waals surface area (Å²) in [5.74, 6) is -0.843. The Kier molecular flexibility index (Phi) is 5.48. The van der Waals surface area contributed by atoms with Gasteiger partial charge in [-0.15, -0.1) is 0 Å². The molecule has 1 saturated heterocycles. The van der Waals surface area contributed by atoms with Gasteiger partial charge in [-0.3, -0.25) is 9.59 Å². The van der Waals surface area contributed by atoms with Crippen LogP contribution in [0.2, 0.25) is 0 Å². The number of hydrogen-bond acceptors (Lipinski definition) is 4. The van der Waals surface area contributed by atoms with Crippen molar-refractivity contribution in [3.05, 3.63) is 35.6 Å². The molecule has 0 spiro atoms. The van der Waals surface area contributed by atoms with Crippen molar-refractivity contribution in [2.45, 2.75) is 51.7 Å². The van der Waals surface area contributed by atoms with Crippen molar-refractivity contribution in [2.75, 3.05) is 13.1 Å². The molecule has 0 aliphatic carbocycles. The highest BCUT2D eigenvalue weighted by Gasteiger charge is 2.46. The summed E-state index contributed by atoms with van der Waals surface area (Å²) in [4.78, 5) is 32.5. The first-order valence-electron chi connectivity index (χ1n) is 9.40. The molecule has 7 heteroatoms. The first kappa shape index (κ1) is 19.3. The SMILES string of the molecule is CC(C)NC(=O)[C@H]1CCCN(C(=O)[C@]2(C)CC(c3ccccc3F)=NO2)C1. The lowest BCUT2D eigenvalue weighted by atomic mass is 9.91. The molecule has 3 rings (SSSR count). The highest BCUT2D eigenvalue weighted by Crippen LogP contribution is 2.31. The minimum Gasteiger partial charge on any atom is -0.379 e. The second-order valence-corrected chi connectivity index (χ2v) is 7.77. The molecule has 2 heterocycles. The van der Waals surface area contributed by atoms with E-state index >= 15 is 0 Å². The number of carbonyl (C=O) groups is 2. The van der Waals surface area contributed by atoms with Crippen molar-refractivity contribution in [3.8, 4) is 0 Å². The Bertz CT molecular complexity index is 765. The Morgan fingerprint density at radius 1 is 1.37 bits per heavy atom. The molecule has 0 saturated carbocycles. The summed E-state index contributed by atoms with van der Waals surface area (Å²) in [6.45, 7) is 6.45. The molecule has 1 fully saturated rings. The molecule has 2 atom stereocenters. The number of piperidine rings is 1. The molecular weight excluding hydrogens is 349 g/mol. The zero-order valence-corrected chi connectivity index (χ0v) is 16.0. The van der Waals surface area contributed by atoms with E-state index in [2.05, 4.69) is 10.5 Å². The van der Waals surface area contributed by atoms with Gasteiger partial charge in [0.1, 0.15) is 5.82 Å². The minimum absolute atomic E-state index is 0.0247. The Morgan fingerprint density at radius 2 is 2.11 bits per heavy atom. The van der Waals surface area contributed by atoms with Crippen LogP contribution in [0.3, 0.4) is 0 Å². The first-order chi connectivity index (χ1) is 12.8. The van der Waals surface area contributed by atoms with Crippen LogP contribution in [0.1, 0.15) is 45.6 Å². The van der Waals surface area contributed by atoms with Crippen LogP contribution < -0.4 is 5.32 Å². The molecule has 2 amide bonds. The fraction of sp³-hybridized carbons (Fsp3) is 0.550. The highest BCUT2D eigenvalue weighted by atomic mass is 19.1. The van der Waals surface area contributed by atoms with Gasteiger partial charge in [-0.1, -0.05) is 23.4 Å². The van der Waals surface area contributed by atoms with Gasteiger partial charge in [-0.2, -0.15) is 0 Å². The summed E-state index contributed by atoms with van der Waals surface area (Å²) in [6, 6.07) is 6.38. The summed E-state index contributed by atoms with van der Waals surface area (Å²) >= 11 is 0. The number of benzene rings is 1. The topological polar surface area (TPSA) is 71.0 Å². The average molecular weight is 375 g/mol. The largest absolute Gasteiger partial charge is 0.379 e. The highest BCUT2D eigenvalue weighted by molar-refractivity contribution is 6.05. The zero-order valence-electron chi connectivity index (χ0n) is 16.0. The summed E-state index contributed by atoms with van der Waals surface area (Å²) in [7, 11) is 0. The van der Waals surface area contributed by atoms with Crippen molar-refractivity contribution in [2.24, 2.45) is 11.1 Å². The van der Waals surface area contributed by atoms with E-state index in [0.29, 0.717) is 24.4 Å². The van der Waals surface area contributed by atoms with Crippen molar-refractivity contribution in [3.63, 3.8) is 0 Å². The summed E-state index contributed by atoms with van der Waals surface area (Å²) < 4.78 is 14.0. The third-order valence-electron chi connectivity index (χ3n) is 5.01. The van der Waals surface area contributed by atoms with Gasteiger partial charge in [-0.25, -0.2) is 4.39 Å². The molecule has 27 heavy (non-hydrogen) atoms. The Balaban J connectivity index is 1.67. The number of likely N-dealkylation sites (tertiary alicyclic amines) is 1. The zero-order chi connectivity index (χ0) is 19.6. The van der Waals surface area contributed by atoms with E-state index in [1.807, 2.05) is 13.8 Å². The van der Waals surface area contributed by atoms with E-state index in [-0.39, 0.29) is 36.0 Å². The average Bonchev–Trinajstić information content (AvgIpc) is 3.04. The first-order valence-corrected chi connectivity index (χ1v) is 9.40. The van der Waals surface area contributed by atoms with Gasteiger partial charge in [-0.05, 0) is 39.7 Å². The van der Waals surface area contributed by atoms with Crippen LogP contribution >= 0.6 is 0 Å². The number of nitrogens with zero attached hydrogens (tertiary/aromatic N) is 2. The van der Waals surface area contributed by atoms with E-state index in [1.165, 1.54) is 6.07 Å². The Labute approximate surface area is 158 Å². The van der Waals surface area contributed by atoms with Crippen LogP contribution in [-0.4, -0.2) is 47.2 Å². The summed E-state index contributed by atoms with van der Waals surface area (Å²) in [5.41, 5.74) is -0.398. The van der Waals surface area contributed by atoms with Crippen LogP contribution in [0.5, 0.6) is 0 Å². The molecule has 0 radical (unpaired) electrons. The molecule has 2 aliphatic heterocycles. The smallest absolute Gasteiger partial charge is 0.269 e. The quantitative estimate of drug-likeness (QED) is 0.879. The number of carbonyl (C=O) groups excluding carboxylic acids is 2. The van der Waals surface area contributed by atoms with Gasteiger partial charge in [0, 0.05) is 31.1 Å². The molecule has 2 aliphatic rings. The second-order valence-electron chi connectivity index (χ2n) is 7.77. The van der Waals surface area contributed by atoms with Crippen molar-refractivity contribution < 1.29 is 18.8 Å². The Hall–Kier alpha value is -2.44. The van der Waals surface area contributed by atoms with E-state index in [4.69, 9.17) is 4.84 Å². The maximum atomic E-state index is 14.0. The van der Waals surface area contributed by atoms with E-state index in [9.17, 15) is 14.0 Å². The second kappa shape index (κ2) is 7.66. The molecule has 146 valence electrons. The minimum atomic E-state index is -1.17. The lowest BCUT2D eigenvalue weighted by Crippen LogP contribution is -2.53. The number of amides is 2. The number of nitrogens with one attached hydrogen (secondary N) is 1. The molecule has 1 aromatic rings. The normalized spacial score (nSPS) is 25.1. The van der Waals surface area contributed by atoms with Crippen LogP contribution in [0.15, 0.2) is 29.4 Å². The number of oxime groups is 1. The fourth-order valence-corrected chi connectivity index (χ4v) is 3.61. The van der Waals surface area contributed by atoms with Crippen LogP contribution in [0.4, 0.5) is 4.39 Å². The molecule has 6 nitrogen and oxygen atoms in total. The molecule has 0 aromatic heterocycles. The maximum absolute atomic E-state index is 14.0. The van der Waals surface area contributed by atoms with Gasteiger partial charge in [0.05, 0.1) is 11.6 Å². The predicted octanol–water partition coefficient (Wildman–Crippen LogP) is 2.47. The van der Waals surface area contributed by atoms with Crippen LogP contribution in [0.25, 0.3) is 0 Å². The molecule has 1 aromatic carbocycles. The van der Waals surface area contributed by atoms with E-state index < -0.39 is 5.60 Å². The van der Waals surface area contributed by atoms with Crippen molar-refractivity contribution in [1.82, 2.24) is 10.2 Å². The molecule has 0 bridgehead atoms. The monoisotopic (exact) mass is 375 g/mol. The van der Waals surface area contributed by atoms with E-state index in [0.717, 1.165) is 12.8 Å². The fourth-order valence-electron chi connectivity index (χ4n) is 3.61. The van der Waals surface area contributed by atoms with Gasteiger partial charge in [0.15, 0.2) is 0 Å². The molecule has 1 N–H and O–H groups in total. The number of hydrogen-bond donors (Lipinski definition) is 1. The summed E-state index contributed by atoms with van der Waals surface area (Å²) in [5, 5.41) is 6.89. The molecule has 0 unspecified atom stereocenters. The van der Waals surface area contributed by atoms with Crippen LogP contribution in [0, 0.1) is 11.7 Å². The van der Waals surface area contributed by atoms with Gasteiger partial charge in [0.2, 0.25) is 11.5 Å². The lowest BCUT2D eigenvalue weighted by Gasteiger charge is -2.36. The van der Waals surface area contributed by atoms with Crippen molar-refractivity contribution in [1.29, 1.82) is 0 Å². The summed E-state index contributed by atoms with van der Waals surface area (Å²) in [6.07, 6.45) is 1.72. The third-order valence-corrected chi connectivity index (χ3v) is 5.01. The van der Waals surface area contributed by atoms with Crippen LogP contribution in [-0.2, 0) is 14.4 Å². The van der Waals surface area contributed by atoms with Gasteiger partial charge >= 0.3 is 0 Å². The number of halogens is 1. The molecular formula is C20H26FN3O3.